The average Bonchev–Trinajstić information content (AvgIpc) is 2.51. The second-order valence-electron chi connectivity index (χ2n) is 6.82. The molecule has 0 N–H and O–H groups in total. The SMILES string of the molecule is Cc1ccc(C(=O)N2CCCC3(CCN(C)CC3)C2)cn1. The van der Waals surface area contributed by atoms with Gasteiger partial charge in [0, 0.05) is 25.0 Å². The topological polar surface area (TPSA) is 36.4 Å². The van der Waals surface area contributed by atoms with Crippen LogP contribution < -0.4 is 0 Å². The first-order valence-electron chi connectivity index (χ1n) is 7.99. The molecular formula is C17H25N3O. The highest BCUT2D eigenvalue weighted by Crippen LogP contribution is 2.39. The van der Waals surface area contributed by atoms with E-state index in [0.29, 0.717) is 5.41 Å². The van der Waals surface area contributed by atoms with E-state index in [9.17, 15) is 4.79 Å². The van der Waals surface area contributed by atoms with Crippen molar-refractivity contribution in [1.82, 2.24) is 14.8 Å². The fourth-order valence-electron chi connectivity index (χ4n) is 3.66. The fraction of sp³-hybridized carbons (Fsp3) is 0.647. The van der Waals surface area contributed by atoms with Gasteiger partial charge >= 0.3 is 0 Å². The number of likely N-dealkylation sites (tertiary alicyclic amines) is 2. The summed E-state index contributed by atoms with van der Waals surface area (Å²) in [4.78, 5) is 21.4. The van der Waals surface area contributed by atoms with E-state index in [2.05, 4.69) is 21.8 Å². The van der Waals surface area contributed by atoms with Gasteiger partial charge in [-0.3, -0.25) is 9.78 Å². The normalized spacial score (nSPS) is 22.5. The summed E-state index contributed by atoms with van der Waals surface area (Å²) in [7, 11) is 2.19. The van der Waals surface area contributed by atoms with Gasteiger partial charge in [0.1, 0.15) is 0 Å². The summed E-state index contributed by atoms with van der Waals surface area (Å²) in [6, 6.07) is 3.82. The summed E-state index contributed by atoms with van der Waals surface area (Å²) >= 11 is 0. The van der Waals surface area contributed by atoms with Gasteiger partial charge in [0.15, 0.2) is 0 Å². The first-order valence-corrected chi connectivity index (χ1v) is 7.99. The van der Waals surface area contributed by atoms with Crippen LogP contribution in [0.5, 0.6) is 0 Å². The maximum absolute atomic E-state index is 12.7. The van der Waals surface area contributed by atoms with Crippen LogP contribution in [0, 0.1) is 12.3 Å². The molecule has 4 nitrogen and oxygen atoms in total. The second kappa shape index (κ2) is 5.76. The molecule has 0 aromatic carbocycles. The molecule has 0 aliphatic carbocycles. The lowest BCUT2D eigenvalue weighted by atomic mass is 9.72. The standard InChI is InChI=1S/C17H25N3O/c1-14-4-5-15(12-18-14)16(21)20-9-3-6-17(13-20)7-10-19(2)11-8-17/h4-5,12H,3,6-11,13H2,1-2H3. The molecule has 2 fully saturated rings. The Bertz CT molecular complexity index is 503. The Labute approximate surface area is 127 Å². The second-order valence-corrected chi connectivity index (χ2v) is 6.82. The van der Waals surface area contributed by atoms with E-state index in [1.54, 1.807) is 6.20 Å². The summed E-state index contributed by atoms with van der Waals surface area (Å²) in [6.07, 6.45) is 6.57. The fourth-order valence-corrected chi connectivity index (χ4v) is 3.66. The number of piperidine rings is 2. The lowest BCUT2D eigenvalue weighted by Gasteiger charge is -2.47. The molecular weight excluding hydrogens is 262 g/mol. The van der Waals surface area contributed by atoms with Crippen molar-refractivity contribution >= 4 is 5.91 Å². The quantitative estimate of drug-likeness (QED) is 0.795. The smallest absolute Gasteiger partial charge is 0.255 e. The number of amides is 1. The lowest BCUT2D eigenvalue weighted by Crippen LogP contribution is -2.50. The molecule has 1 aromatic heterocycles. The van der Waals surface area contributed by atoms with Crippen LogP contribution in [0.3, 0.4) is 0 Å². The number of hydrogen-bond acceptors (Lipinski definition) is 3. The van der Waals surface area contributed by atoms with Gasteiger partial charge in [0.25, 0.3) is 5.91 Å². The van der Waals surface area contributed by atoms with Crippen molar-refractivity contribution in [2.75, 3.05) is 33.2 Å². The number of carbonyl (C=O) groups excluding carboxylic acids is 1. The zero-order chi connectivity index (χ0) is 14.9. The third-order valence-corrected chi connectivity index (χ3v) is 5.15. The van der Waals surface area contributed by atoms with E-state index in [1.165, 1.54) is 19.3 Å². The minimum absolute atomic E-state index is 0.153. The van der Waals surface area contributed by atoms with Crippen LogP contribution in [0.2, 0.25) is 0 Å². The molecule has 114 valence electrons. The molecule has 1 spiro atoms. The number of carbonyl (C=O) groups is 1. The predicted molar refractivity (Wildman–Crippen MR) is 83.3 cm³/mol. The molecule has 0 saturated carbocycles. The van der Waals surface area contributed by atoms with Crippen molar-refractivity contribution in [1.29, 1.82) is 0 Å². The molecule has 2 aliphatic heterocycles. The third-order valence-electron chi connectivity index (χ3n) is 5.15. The molecule has 4 heteroatoms. The van der Waals surface area contributed by atoms with Gasteiger partial charge < -0.3 is 9.80 Å². The summed E-state index contributed by atoms with van der Waals surface area (Å²) in [5.74, 6) is 0.153. The van der Waals surface area contributed by atoms with E-state index >= 15 is 0 Å². The van der Waals surface area contributed by atoms with Crippen molar-refractivity contribution in [3.63, 3.8) is 0 Å². The van der Waals surface area contributed by atoms with Crippen LogP contribution in [0.4, 0.5) is 0 Å². The van der Waals surface area contributed by atoms with E-state index in [0.717, 1.165) is 43.9 Å². The van der Waals surface area contributed by atoms with Crippen molar-refractivity contribution in [2.45, 2.75) is 32.6 Å². The molecule has 1 aromatic rings. The molecule has 2 saturated heterocycles. The average molecular weight is 287 g/mol. The van der Waals surface area contributed by atoms with Crippen LogP contribution in [-0.4, -0.2) is 53.9 Å². The molecule has 3 rings (SSSR count). The van der Waals surface area contributed by atoms with Gasteiger partial charge in [0.2, 0.25) is 0 Å². The van der Waals surface area contributed by atoms with E-state index in [-0.39, 0.29) is 5.91 Å². The molecule has 0 atom stereocenters. The minimum atomic E-state index is 0.153. The molecule has 3 heterocycles. The van der Waals surface area contributed by atoms with Crippen LogP contribution in [0.1, 0.15) is 41.7 Å². The lowest BCUT2D eigenvalue weighted by molar-refractivity contribution is 0.0261. The number of pyridine rings is 1. The van der Waals surface area contributed by atoms with Crippen LogP contribution in [-0.2, 0) is 0 Å². The van der Waals surface area contributed by atoms with Crippen molar-refractivity contribution in [3.05, 3.63) is 29.6 Å². The maximum atomic E-state index is 12.7. The van der Waals surface area contributed by atoms with E-state index < -0.39 is 0 Å². The van der Waals surface area contributed by atoms with Gasteiger partial charge in [-0.05, 0) is 70.3 Å². The van der Waals surface area contributed by atoms with Crippen LogP contribution in [0.25, 0.3) is 0 Å². The minimum Gasteiger partial charge on any atom is -0.338 e. The zero-order valence-corrected chi connectivity index (χ0v) is 13.1. The van der Waals surface area contributed by atoms with Crippen LogP contribution in [0.15, 0.2) is 18.3 Å². The van der Waals surface area contributed by atoms with Crippen molar-refractivity contribution in [3.8, 4) is 0 Å². The molecule has 21 heavy (non-hydrogen) atoms. The number of nitrogens with zero attached hydrogens (tertiary/aromatic N) is 3. The number of aromatic nitrogens is 1. The largest absolute Gasteiger partial charge is 0.338 e. The molecule has 0 radical (unpaired) electrons. The highest BCUT2D eigenvalue weighted by Gasteiger charge is 2.39. The Morgan fingerprint density at radius 2 is 1.95 bits per heavy atom. The van der Waals surface area contributed by atoms with Gasteiger partial charge in [-0.25, -0.2) is 0 Å². The predicted octanol–water partition coefficient (Wildman–Crippen LogP) is 2.34. The third kappa shape index (κ3) is 3.10. The van der Waals surface area contributed by atoms with Gasteiger partial charge in [-0.1, -0.05) is 0 Å². The summed E-state index contributed by atoms with van der Waals surface area (Å²) in [5, 5.41) is 0. The zero-order valence-electron chi connectivity index (χ0n) is 13.1. The van der Waals surface area contributed by atoms with Crippen molar-refractivity contribution in [2.24, 2.45) is 5.41 Å². The number of hydrogen-bond donors (Lipinski definition) is 0. The molecule has 0 bridgehead atoms. The van der Waals surface area contributed by atoms with E-state index in [1.807, 2.05) is 19.1 Å². The Kier molecular flexibility index (Phi) is 3.98. The Hall–Kier alpha value is -1.42. The van der Waals surface area contributed by atoms with Gasteiger partial charge in [0.05, 0.1) is 5.56 Å². The summed E-state index contributed by atoms with van der Waals surface area (Å²) < 4.78 is 0. The van der Waals surface area contributed by atoms with E-state index in [4.69, 9.17) is 0 Å². The Morgan fingerprint density at radius 1 is 1.19 bits per heavy atom. The molecule has 2 aliphatic rings. The number of rotatable bonds is 1. The first-order chi connectivity index (χ1) is 10.1. The van der Waals surface area contributed by atoms with Crippen molar-refractivity contribution < 1.29 is 4.79 Å². The van der Waals surface area contributed by atoms with Gasteiger partial charge in [-0.15, -0.1) is 0 Å². The summed E-state index contributed by atoms with van der Waals surface area (Å²) in [6.45, 7) is 6.09. The number of aryl methyl sites for hydroxylation is 1. The monoisotopic (exact) mass is 287 g/mol. The first kappa shape index (κ1) is 14.5. The molecule has 1 amide bonds. The Balaban J connectivity index is 1.71. The highest BCUT2D eigenvalue weighted by molar-refractivity contribution is 5.94. The molecule has 0 unspecified atom stereocenters. The maximum Gasteiger partial charge on any atom is 0.255 e. The highest BCUT2D eigenvalue weighted by atomic mass is 16.2. The van der Waals surface area contributed by atoms with Crippen LogP contribution >= 0.6 is 0 Å². The van der Waals surface area contributed by atoms with Gasteiger partial charge in [-0.2, -0.15) is 0 Å². The summed E-state index contributed by atoms with van der Waals surface area (Å²) in [5.41, 5.74) is 2.04. The Morgan fingerprint density at radius 3 is 2.62 bits per heavy atom.